The quantitative estimate of drug-likeness (QED) is 0.150. The summed E-state index contributed by atoms with van der Waals surface area (Å²) in [5, 5.41) is 22.8. The number of nitriles is 1. The molecule has 0 atom stereocenters. The van der Waals surface area contributed by atoms with E-state index in [4.69, 9.17) is 4.74 Å². The molecular formula is C27H20N2O3. The molecule has 0 fully saturated rings. The summed E-state index contributed by atoms with van der Waals surface area (Å²) >= 11 is 0. The minimum absolute atomic E-state index is 0.0154. The van der Waals surface area contributed by atoms with Crippen molar-refractivity contribution in [2.24, 2.45) is 0 Å². The number of benzene rings is 4. The third-order valence-electron chi connectivity index (χ3n) is 5.24. The SMILES string of the molecule is Cc1ccc(COc2ccc3ccccc3c2/C=C(/C#N)c2ccc([N+](=O)[O-])cc2)cc1. The number of nitrogens with zero attached hydrogens (tertiary/aromatic N) is 2. The summed E-state index contributed by atoms with van der Waals surface area (Å²) in [5.41, 5.74) is 4.02. The Bertz CT molecular complexity index is 1350. The molecule has 0 saturated heterocycles. The van der Waals surface area contributed by atoms with Gasteiger partial charge in [-0.05, 0) is 53.1 Å². The molecule has 0 N–H and O–H groups in total. The van der Waals surface area contributed by atoms with E-state index < -0.39 is 4.92 Å². The molecule has 0 aromatic heterocycles. The van der Waals surface area contributed by atoms with E-state index >= 15 is 0 Å². The smallest absolute Gasteiger partial charge is 0.269 e. The minimum atomic E-state index is -0.457. The van der Waals surface area contributed by atoms with Crippen molar-refractivity contribution in [3.05, 3.63) is 117 Å². The number of ether oxygens (including phenoxy) is 1. The number of allylic oxidation sites excluding steroid dienone is 1. The molecule has 0 aliphatic rings. The van der Waals surface area contributed by atoms with Crippen molar-refractivity contribution >= 4 is 28.1 Å². The van der Waals surface area contributed by atoms with Gasteiger partial charge in [0.25, 0.3) is 5.69 Å². The number of fused-ring (bicyclic) bond motifs is 1. The van der Waals surface area contributed by atoms with Crippen LogP contribution in [0, 0.1) is 28.4 Å². The highest BCUT2D eigenvalue weighted by molar-refractivity contribution is 6.00. The van der Waals surface area contributed by atoms with Gasteiger partial charge in [-0.1, -0.05) is 60.2 Å². The first-order chi connectivity index (χ1) is 15.5. The van der Waals surface area contributed by atoms with E-state index in [1.165, 1.54) is 17.7 Å². The van der Waals surface area contributed by atoms with Gasteiger partial charge in [0.2, 0.25) is 0 Å². The zero-order valence-electron chi connectivity index (χ0n) is 17.5. The standard InChI is InChI=1S/C27H20N2O3/c1-19-6-8-20(9-7-19)18-32-27-15-12-22-4-2-3-5-25(22)26(27)16-23(17-28)21-10-13-24(14-11-21)29(30)31/h2-16H,18H2,1H3/b23-16-. The van der Waals surface area contributed by atoms with Crippen molar-refractivity contribution in [2.75, 3.05) is 0 Å². The fourth-order valence-corrected chi connectivity index (χ4v) is 3.48. The fourth-order valence-electron chi connectivity index (χ4n) is 3.48. The lowest BCUT2D eigenvalue weighted by molar-refractivity contribution is -0.384. The molecule has 0 heterocycles. The van der Waals surface area contributed by atoms with Gasteiger partial charge in [-0.25, -0.2) is 0 Å². The maximum Gasteiger partial charge on any atom is 0.269 e. The second-order valence-electron chi connectivity index (χ2n) is 7.45. The average molecular weight is 420 g/mol. The highest BCUT2D eigenvalue weighted by Crippen LogP contribution is 2.33. The first kappa shape index (κ1) is 20.8. The Hall–Kier alpha value is -4.43. The topological polar surface area (TPSA) is 76.2 Å². The Kier molecular flexibility index (Phi) is 5.96. The Balaban J connectivity index is 1.76. The zero-order chi connectivity index (χ0) is 22.5. The van der Waals surface area contributed by atoms with Gasteiger partial charge in [-0.2, -0.15) is 5.26 Å². The van der Waals surface area contributed by atoms with Crippen molar-refractivity contribution in [2.45, 2.75) is 13.5 Å². The van der Waals surface area contributed by atoms with Crippen molar-refractivity contribution in [1.82, 2.24) is 0 Å². The molecule has 0 saturated carbocycles. The summed E-state index contributed by atoms with van der Waals surface area (Å²) < 4.78 is 6.16. The average Bonchev–Trinajstić information content (AvgIpc) is 2.82. The Morgan fingerprint density at radius 3 is 2.41 bits per heavy atom. The first-order valence-electron chi connectivity index (χ1n) is 10.1. The van der Waals surface area contributed by atoms with Crippen LogP contribution in [0.5, 0.6) is 5.75 Å². The number of aryl methyl sites for hydroxylation is 1. The Morgan fingerprint density at radius 1 is 1.00 bits per heavy atom. The predicted octanol–water partition coefficient (Wildman–Crippen LogP) is 6.70. The summed E-state index contributed by atoms with van der Waals surface area (Å²) in [5.74, 6) is 0.666. The van der Waals surface area contributed by atoms with E-state index in [0.29, 0.717) is 23.5 Å². The van der Waals surface area contributed by atoms with Crippen LogP contribution in [0.4, 0.5) is 5.69 Å². The normalized spacial score (nSPS) is 11.2. The number of non-ortho nitro benzene ring substituents is 1. The lowest BCUT2D eigenvalue weighted by Gasteiger charge is -2.13. The molecule has 5 heteroatoms. The molecule has 0 aliphatic heterocycles. The highest BCUT2D eigenvalue weighted by atomic mass is 16.6. The molecule has 0 spiro atoms. The number of rotatable bonds is 6. The third kappa shape index (κ3) is 4.50. The van der Waals surface area contributed by atoms with Crippen molar-refractivity contribution in [1.29, 1.82) is 5.26 Å². The molecule has 0 bridgehead atoms. The number of hydrogen-bond acceptors (Lipinski definition) is 4. The van der Waals surface area contributed by atoms with Crippen molar-refractivity contribution < 1.29 is 9.66 Å². The highest BCUT2D eigenvalue weighted by Gasteiger charge is 2.12. The number of nitro benzene ring substituents is 1. The van der Waals surface area contributed by atoms with Crippen LogP contribution in [0.3, 0.4) is 0 Å². The van der Waals surface area contributed by atoms with Crippen molar-refractivity contribution in [3.63, 3.8) is 0 Å². The molecule has 0 amide bonds. The van der Waals surface area contributed by atoms with Gasteiger partial charge in [-0.15, -0.1) is 0 Å². The Labute approximate surface area is 186 Å². The summed E-state index contributed by atoms with van der Waals surface area (Å²) in [7, 11) is 0. The maximum atomic E-state index is 11.0. The molecule has 32 heavy (non-hydrogen) atoms. The number of hydrogen-bond donors (Lipinski definition) is 0. The van der Waals surface area contributed by atoms with E-state index in [1.54, 1.807) is 18.2 Å². The van der Waals surface area contributed by atoms with E-state index in [-0.39, 0.29) is 5.69 Å². The van der Waals surface area contributed by atoms with Gasteiger partial charge in [0, 0.05) is 17.7 Å². The molecule has 0 aliphatic carbocycles. The largest absolute Gasteiger partial charge is 0.488 e. The molecule has 4 aromatic carbocycles. The summed E-state index contributed by atoms with van der Waals surface area (Å²) in [6, 6.07) is 28.2. The lowest BCUT2D eigenvalue weighted by Crippen LogP contribution is -1.98. The van der Waals surface area contributed by atoms with Crippen LogP contribution in [0.25, 0.3) is 22.4 Å². The maximum absolute atomic E-state index is 11.0. The van der Waals surface area contributed by atoms with Crippen molar-refractivity contribution in [3.8, 4) is 11.8 Å². The molecular weight excluding hydrogens is 400 g/mol. The first-order valence-corrected chi connectivity index (χ1v) is 10.1. The van der Waals surface area contributed by atoms with Crippen LogP contribution in [-0.4, -0.2) is 4.92 Å². The molecule has 4 aromatic rings. The number of nitro groups is 1. The van der Waals surface area contributed by atoms with Gasteiger partial charge < -0.3 is 4.74 Å². The molecule has 4 rings (SSSR count). The third-order valence-corrected chi connectivity index (χ3v) is 5.24. The van der Waals surface area contributed by atoms with Crippen LogP contribution in [-0.2, 0) is 6.61 Å². The van der Waals surface area contributed by atoms with Gasteiger partial charge >= 0.3 is 0 Å². The Morgan fingerprint density at radius 2 is 1.72 bits per heavy atom. The van der Waals surface area contributed by atoms with Crippen LogP contribution in [0.15, 0.2) is 84.9 Å². The zero-order valence-corrected chi connectivity index (χ0v) is 17.5. The molecule has 0 radical (unpaired) electrons. The second kappa shape index (κ2) is 9.15. The van der Waals surface area contributed by atoms with Gasteiger partial charge in [0.1, 0.15) is 12.4 Å². The van der Waals surface area contributed by atoms with E-state index in [0.717, 1.165) is 21.9 Å². The van der Waals surface area contributed by atoms with Gasteiger partial charge in [0.05, 0.1) is 16.6 Å². The molecule has 5 nitrogen and oxygen atoms in total. The summed E-state index contributed by atoms with van der Waals surface area (Å²) in [6.45, 7) is 2.44. The van der Waals surface area contributed by atoms with Gasteiger partial charge in [0.15, 0.2) is 0 Å². The predicted molar refractivity (Wildman–Crippen MR) is 126 cm³/mol. The lowest BCUT2D eigenvalue weighted by atomic mass is 9.98. The monoisotopic (exact) mass is 420 g/mol. The fraction of sp³-hybridized carbons (Fsp3) is 0.0741. The minimum Gasteiger partial charge on any atom is -0.488 e. The molecule has 0 unspecified atom stereocenters. The summed E-state index contributed by atoms with van der Waals surface area (Å²) in [4.78, 5) is 10.5. The van der Waals surface area contributed by atoms with Gasteiger partial charge in [-0.3, -0.25) is 10.1 Å². The van der Waals surface area contributed by atoms with Crippen LogP contribution in [0.2, 0.25) is 0 Å². The van der Waals surface area contributed by atoms with E-state index in [1.807, 2.05) is 67.6 Å². The van der Waals surface area contributed by atoms with Crippen LogP contribution in [0.1, 0.15) is 22.3 Å². The van der Waals surface area contributed by atoms with Crippen LogP contribution >= 0.6 is 0 Å². The van der Waals surface area contributed by atoms with E-state index in [2.05, 4.69) is 6.07 Å². The summed E-state index contributed by atoms with van der Waals surface area (Å²) in [6.07, 6.45) is 1.79. The van der Waals surface area contributed by atoms with Crippen LogP contribution < -0.4 is 4.74 Å². The second-order valence-corrected chi connectivity index (χ2v) is 7.45. The van der Waals surface area contributed by atoms with E-state index in [9.17, 15) is 15.4 Å². The molecule has 156 valence electrons.